The number of hydrogen-bond acceptors (Lipinski definition) is 2. The van der Waals surface area contributed by atoms with Crippen LogP contribution >= 0.6 is 0 Å². The highest BCUT2D eigenvalue weighted by Crippen LogP contribution is 2.43. The van der Waals surface area contributed by atoms with Gasteiger partial charge in [0.15, 0.2) is 0 Å². The first-order chi connectivity index (χ1) is 8.93. The van der Waals surface area contributed by atoms with Crippen LogP contribution < -0.4 is 0 Å². The number of fused-ring (bicyclic) bond motifs is 1. The van der Waals surface area contributed by atoms with Gasteiger partial charge in [-0.2, -0.15) is 22.0 Å². The van der Waals surface area contributed by atoms with Gasteiger partial charge in [-0.1, -0.05) is 20.8 Å². The Morgan fingerprint density at radius 1 is 1.00 bits per heavy atom. The third-order valence-corrected chi connectivity index (χ3v) is 2.79. The summed E-state index contributed by atoms with van der Waals surface area (Å²) in [5, 5.41) is 0. The number of hydrogen-bond donors (Lipinski definition) is 0. The zero-order valence-corrected chi connectivity index (χ0v) is 11.0. The van der Waals surface area contributed by atoms with Crippen LogP contribution in [0.15, 0.2) is 18.6 Å². The first-order valence-electron chi connectivity index (χ1n) is 5.73. The highest BCUT2D eigenvalue weighted by Gasteiger charge is 2.60. The molecule has 0 fully saturated rings. The van der Waals surface area contributed by atoms with Gasteiger partial charge in [-0.15, -0.1) is 0 Å². The van der Waals surface area contributed by atoms with Gasteiger partial charge < -0.3 is 0 Å². The van der Waals surface area contributed by atoms with Gasteiger partial charge >= 0.3 is 12.1 Å². The van der Waals surface area contributed by atoms with Crippen molar-refractivity contribution >= 4 is 5.65 Å². The van der Waals surface area contributed by atoms with E-state index < -0.39 is 17.8 Å². The Bertz CT molecular complexity index is 637. The maximum absolute atomic E-state index is 13.2. The van der Waals surface area contributed by atoms with Gasteiger partial charge in [-0.05, 0) is 0 Å². The largest absolute Gasteiger partial charge is 0.459 e. The van der Waals surface area contributed by atoms with E-state index in [2.05, 4.69) is 9.97 Å². The summed E-state index contributed by atoms with van der Waals surface area (Å²) in [7, 11) is 0. The molecule has 0 aliphatic carbocycles. The van der Waals surface area contributed by atoms with Crippen LogP contribution in [0.3, 0.4) is 0 Å². The molecule has 0 atom stereocenters. The molecule has 2 heterocycles. The molecule has 2 aromatic heterocycles. The van der Waals surface area contributed by atoms with Gasteiger partial charge in [0, 0.05) is 17.7 Å². The highest BCUT2D eigenvalue weighted by molar-refractivity contribution is 5.42. The van der Waals surface area contributed by atoms with Crippen molar-refractivity contribution < 1.29 is 22.0 Å². The number of alkyl halides is 5. The molecule has 0 aromatic carbocycles. The molecule has 0 bridgehead atoms. The van der Waals surface area contributed by atoms with Gasteiger partial charge in [0.2, 0.25) is 0 Å². The maximum Gasteiger partial charge on any atom is 0.459 e. The van der Waals surface area contributed by atoms with E-state index in [0.717, 1.165) is 6.33 Å². The molecule has 0 unspecified atom stereocenters. The molecule has 0 radical (unpaired) electrons. The van der Waals surface area contributed by atoms with Crippen molar-refractivity contribution in [2.45, 2.75) is 38.3 Å². The van der Waals surface area contributed by atoms with Crippen molar-refractivity contribution in [3.8, 4) is 0 Å². The van der Waals surface area contributed by atoms with Gasteiger partial charge in [-0.25, -0.2) is 9.97 Å². The van der Waals surface area contributed by atoms with Crippen LogP contribution in [-0.2, 0) is 11.3 Å². The van der Waals surface area contributed by atoms with Crippen LogP contribution in [0.1, 0.15) is 32.2 Å². The Labute approximate surface area is 111 Å². The summed E-state index contributed by atoms with van der Waals surface area (Å²) >= 11 is 0. The summed E-state index contributed by atoms with van der Waals surface area (Å²) < 4.78 is 64.6. The summed E-state index contributed by atoms with van der Waals surface area (Å²) in [4.78, 5) is 7.26. The van der Waals surface area contributed by atoms with E-state index in [4.69, 9.17) is 0 Å². The fourth-order valence-corrected chi connectivity index (χ4v) is 1.57. The number of nitrogens with zero attached hydrogens (tertiary/aromatic N) is 3. The first-order valence-corrected chi connectivity index (χ1v) is 5.73. The number of rotatable bonds is 1. The van der Waals surface area contributed by atoms with E-state index in [-0.39, 0.29) is 11.1 Å². The average Bonchev–Trinajstić information content (AvgIpc) is 2.69. The lowest BCUT2D eigenvalue weighted by Crippen LogP contribution is -2.34. The Morgan fingerprint density at radius 2 is 1.60 bits per heavy atom. The molecular weight excluding hydrogens is 281 g/mol. The van der Waals surface area contributed by atoms with Crippen molar-refractivity contribution in [2.24, 2.45) is 0 Å². The highest BCUT2D eigenvalue weighted by atomic mass is 19.4. The second-order valence-electron chi connectivity index (χ2n) is 5.49. The van der Waals surface area contributed by atoms with Crippen molar-refractivity contribution in [3.05, 3.63) is 30.0 Å². The summed E-state index contributed by atoms with van der Waals surface area (Å²) in [6.07, 6.45) is -3.22. The summed E-state index contributed by atoms with van der Waals surface area (Å²) in [5.41, 5.74) is -1.13. The van der Waals surface area contributed by atoms with Crippen LogP contribution in [0.25, 0.3) is 5.65 Å². The second kappa shape index (κ2) is 4.13. The van der Waals surface area contributed by atoms with Crippen LogP contribution in [0.2, 0.25) is 0 Å². The van der Waals surface area contributed by atoms with E-state index >= 15 is 0 Å². The normalized spacial score (nSPS) is 14.0. The zero-order chi connectivity index (χ0) is 15.3. The van der Waals surface area contributed by atoms with Crippen molar-refractivity contribution in [1.29, 1.82) is 0 Å². The predicted molar refractivity (Wildman–Crippen MR) is 61.6 cm³/mol. The lowest BCUT2D eigenvalue weighted by atomic mass is 9.93. The summed E-state index contributed by atoms with van der Waals surface area (Å²) in [5.74, 6) is -5.00. The standard InChI is InChI=1S/C12H12F5N3/c1-10(2,3)8-5-20-6-18-7(4-9(20)19-8)11(13,14)12(15,16)17/h4-6H,1-3H3. The van der Waals surface area contributed by atoms with E-state index in [1.165, 1.54) is 4.40 Å². The molecule has 0 aliphatic heterocycles. The molecule has 0 amide bonds. The minimum atomic E-state index is -5.68. The molecular formula is C12H12F5N3. The van der Waals surface area contributed by atoms with Crippen LogP contribution in [0, 0.1) is 0 Å². The minimum absolute atomic E-state index is 0.00356. The Kier molecular flexibility index (Phi) is 3.03. The SMILES string of the molecule is CC(C)(C)c1cn2cnc(C(F)(F)C(F)(F)F)cc2n1. The maximum atomic E-state index is 13.2. The first kappa shape index (κ1) is 14.7. The molecule has 3 nitrogen and oxygen atoms in total. The molecule has 0 spiro atoms. The molecule has 0 N–H and O–H groups in total. The zero-order valence-electron chi connectivity index (χ0n) is 11.0. The molecule has 0 saturated carbocycles. The fourth-order valence-electron chi connectivity index (χ4n) is 1.57. The van der Waals surface area contributed by atoms with Crippen LogP contribution in [-0.4, -0.2) is 20.5 Å². The Morgan fingerprint density at radius 3 is 2.10 bits per heavy atom. The molecule has 8 heteroatoms. The molecule has 0 saturated heterocycles. The topological polar surface area (TPSA) is 30.2 Å². The van der Waals surface area contributed by atoms with Gasteiger partial charge in [0.25, 0.3) is 0 Å². The molecule has 0 aliphatic rings. The smallest absolute Gasteiger partial charge is 0.290 e. The van der Waals surface area contributed by atoms with Gasteiger partial charge in [-0.3, -0.25) is 4.40 Å². The average molecular weight is 293 g/mol. The summed E-state index contributed by atoms with van der Waals surface area (Å²) in [6.45, 7) is 5.56. The Hall–Kier alpha value is -1.73. The molecule has 110 valence electrons. The van der Waals surface area contributed by atoms with E-state index in [1.54, 1.807) is 6.20 Å². The van der Waals surface area contributed by atoms with E-state index in [0.29, 0.717) is 11.8 Å². The fraction of sp³-hybridized carbons (Fsp3) is 0.500. The van der Waals surface area contributed by atoms with Gasteiger partial charge in [0.05, 0.1) is 5.69 Å². The molecule has 20 heavy (non-hydrogen) atoms. The van der Waals surface area contributed by atoms with E-state index in [1.807, 2.05) is 20.8 Å². The summed E-state index contributed by atoms with van der Waals surface area (Å²) in [6, 6.07) is 0.655. The predicted octanol–water partition coefficient (Wildman–Crippen LogP) is 3.68. The van der Waals surface area contributed by atoms with Crippen molar-refractivity contribution in [3.63, 3.8) is 0 Å². The lowest BCUT2D eigenvalue weighted by molar-refractivity contribution is -0.290. The minimum Gasteiger partial charge on any atom is -0.290 e. The van der Waals surface area contributed by atoms with Crippen molar-refractivity contribution in [1.82, 2.24) is 14.4 Å². The quantitative estimate of drug-likeness (QED) is 0.751. The van der Waals surface area contributed by atoms with Crippen LogP contribution in [0.4, 0.5) is 22.0 Å². The number of imidazole rings is 1. The van der Waals surface area contributed by atoms with Gasteiger partial charge in [0.1, 0.15) is 17.7 Å². The number of aromatic nitrogens is 3. The van der Waals surface area contributed by atoms with E-state index in [9.17, 15) is 22.0 Å². The third-order valence-electron chi connectivity index (χ3n) is 2.79. The lowest BCUT2D eigenvalue weighted by Gasteiger charge is -2.18. The third kappa shape index (κ3) is 2.34. The molecule has 2 aromatic rings. The number of halogens is 5. The molecule has 2 rings (SSSR count). The van der Waals surface area contributed by atoms with Crippen LogP contribution in [0.5, 0.6) is 0 Å². The van der Waals surface area contributed by atoms with Crippen molar-refractivity contribution in [2.75, 3.05) is 0 Å². The Balaban J connectivity index is 2.55. The second-order valence-corrected chi connectivity index (χ2v) is 5.49. The monoisotopic (exact) mass is 293 g/mol.